The van der Waals surface area contributed by atoms with E-state index in [2.05, 4.69) is 261 Å². The van der Waals surface area contributed by atoms with Gasteiger partial charge in [-0.05, 0) is 119 Å². The van der Waals surface area contributed by atoms with Gasteiger partial charge in [-0.3, -0.25) is 0 Å². The van der Waals surface area contributed by atoms with Crippen LogP contribution in [-0.4, -0.2) is 28.2 Å². The van der Waals surface area contributed by atoms with Gasteiger partial charge in [-0.25, -0.2) is 9.97 Å². The van der Waals surface area contributed by atoms with E-state index in [4.69, 9.17) is 9.97 Å². The predicted octanol–water partition coefficient (Wildman–Crippen LogP) is 18.9. The Bertz CT molecular complexity index is 5320. The minimum atomic E-state index is 0.554. The summed E-state index contributed by atoms with van der Waals surface area (Å²) in [5.41, 5.74) is 20.4. The summed E-state index contributed by atoms with van der Waals surface area (Å²) in [6, 6.07) is 96.4. The molecule has 0 radical (unpaired) electrons. The molecule has 0 spiro atoms. The molecule has 1 aliphatic rings. The zero-order chi connectivity index (χ0) is 53.7. The Kier molecular flexibility index (Phi) is 9.17. The van der Waals surface area contributed by atoms with Crippen molar-refractivity contribution in [1.82, 2.24) is 28.2 Å². The molecule has 0 saturated carbocycles. The highest BCUT2D eigenvalue weighted by Gasteiger charge is 2.30. The molecule has 5 heterocycles. The molecule has 7 heteroatoms. The third kappa shape index (κ3) is 6.23. The van der Waals surface area contributed by atoms with Crippen LogP contribution >= 0.6 is 0 Å². The molecule has 82 heavy (non-hydrogen) atoms. The van der Waals surface area contributed by atoms with E-state index >= 15 is 0 Å². The van der Waals surface area contributed by atoms with E-state index in [9.17, 15) is 5.26 Å². The van der Waals surface area contributed by atoms with Crippen LogP contribution in [-0.2, 0) is 0 Å². The fourth-order valence-corrected chi connectivity index (χ4v) is 13.9. The van der Waals surface area contributed by atoms with Gasteiger partial charge in [-0.1, -0.05) is 158 Å². The number of nitriles is 1. The molecule has 378 valence electrons. The highest BCUT2D eigenvalue weighted by Crippen LogP contribution is 2.51. The first-order chi connectivity index (χ1) is 40.6. The Balaban J connectivity index is 0.934. The van der Waals surface area contributed by atoms with Crippen molar-refractivity contribution in [2.24, 2.45) is 0 Å². The minimum absolute atomic E-state index is 0.554. The van der Waals surface area contributed by atoms with Crippen LogP contribution in [0.2, 0.25) is 0 Å². The van der Waals surface area contributed by atoms with Crippen LogP contribution in [0.3, 0.4) is 0 Å². The zero-order valence-corrected chi connectivity index (χ0v) is 44.0. The van der Waals surface area contributed by atoms with Gasteiger partial charge in [0.2, 0.25) is 0 Å². The summed E-state index contributed by atoms with van der Waals surface area (Å²) in [6.45, 7) is 0. The monoisotopic (exact) mass is 1040 g/mol. The van der Waals surface area contributed by atoms with Crippen LogP contribution in [0.1, 0.15) is 5.56 Å². The summed E-state index contributed by atoms with van der Waals surface area (Å²) in [5, 5.41) is 22.0. The number of nitrogens with zero attached hydrogens (tertiary/aromatic N) is 7. The lowest BCUT2D eigenvalue weighted by atomic mass is 9.98. The fraction of sp³-hybridized carbons (Fsp3) is 0. The Morgan fingerprint density at radius 2 is 0.695 bits per heavy atom. The molecule has 0 atom stereocenters. The van der Waals surface area contributed by atoms with Gasteiger partial charge in [0.15, 0.2) is 5.82 Å². The molecule has 1 aliphatic carbocycles. The van der Waals surface area contributed by atoms with Gasteiger partial charge >= 0.3 is 0 Å². The van der Waals surface area contributed by atoms with Crippen LogP contribution in [0.5, 0.6) is 0 Å². The van der Waals surface area contributed by atoms with Gasteiger partial charge in [0.1, 0.15) is 0 Å². The molecule has 17 aromatic rings. The Hall–Kier alpha value is -11.3. The third-order valence-electron chi connectivity index (χ3n) is 17.3. The minimum Gasteiger partial charge on any atom is -0.309 e. The summed E-state index contributed by atoms with van der Waals surface area (Å²) in [6.07, 6.45) is 0. The standard InChI is InChI=1S/C75H43N7/c76-44-45-16-13-19-47(38-45)75-77-73(72-59-26-14-17-46-18-15-27-60(71(46)59)74(72)78-75)48-39-51(81-67-32-11-5-24-57(67)61-42-49(34-36-69(61)81)79-63-28-7-1-20-53(63)54-21-2-8-29-64(54)79)41-52(40-48)82-68-33-12-6-25-58(68)62-43-50(35-37-70(62)82)80-65-30-9-3-22-55(65)56-23-4-10-31-66(56)80/h1-43H. The number of fused-ring (bicyclic) bond motifs is 15. The second-order valence-electron chi connectivity index (χ2n) is 21.6. The van der Waals surface area contributed by atoms with Crippen molar-refractivity contribution in [2.45, 2.75) is 0 Å². The second kappa shape index (κ2) is 16.8. The normalized spacial score (nSPS) is 12.1. The number of hydrogen-bond donors (Lipinski definition) is 0. The summed E-state index contributed by atoms with van der Waals surface area (Å²) < 4.78 is 9.69. The fourth-order valence-electron chi connectivity index (χ4n) is 13.9. The third-order valence-corrected chi connectivity index (χ3v) is 17.3. The first kappa shape index (κ1) is 44.6. The van der Waals surface area contributed by atoms with Crippen molar-refractivity contribution in [2.75, 3.05) is 0 Å². The van der Waals surface area contributed by atoms with Crippen LogP contribution in [0.15, 0.2) is 261 Å². The molecular weight excluding hydrogens is 999 g/mol. The average Bonchev–Trinajstić information content (AvgIpc) is 3.19. The molecule has 5 aromatic heterocycles. The lowest BCUT2D eigenvalue weighted by Gasteiger charge is -2.18. The van der Waals surface area contributed by atoms with Crippen LogP contribution < -0.4 is 0 Å². The smallest absolute Gasteiger partial charge is 0.160 e. The van der Waals surface area contributed by atoms with Crippen LogP contribution in [0, 0.1) is 11.3 Å². The van der Waals surface area contributed by atoms with Crippen molar-refractivity contribution in [3.63, 3.8) is 0 Å². The first-order valence-corrected chi connectivity index (χ1v) is 27.8. The first-order valence-electron chi connectivity index (χ1n) is 27.8. The van der Waals surface area contributed by atoms with E-state index in [-0.39, 0.29) is 0 Å². The topological polar surface area (TPSA) is 69.3 Å². The van der Waals surface area contributed by atoms with Gasteiger partial charge in [-0.2, -0.15) is 5.26 Å². The van der Waals surface area contributed by atoms with Crippen molar-refractivity contribution >= 4 is 98.0 Å². The maximum Gasteiger partial charge on any atom is 0.160 e. The predicted molar refractivity (Wildman–Crippen MR) is 337 cm³/mol. The van der Waals surface area contributed by atoms with E-state index in [0.717, 1.165) is 116 Å². The highest BCUT2D eigenvalue weighted by molar-refractivity contribution is 6.18. The van der Waals surface area contributed by atoms with E-state index in [1.165, 1.54) is 43.6 Å². The Labute approximate surface area is 469 Å². The molecule has 7 nitrogen and oxygen atoms in total. The average molecular weight is 1040 g/mol. The second-order valence-corrected chi connectivity index (χ2v) is 21.6. The molecule has 12 aromatic carbocycles. The molecule has 0 unspecified atom stereocenters. The summed E-state index contributed by atoms with van der Waals surface area (Å²) in [5.74, 6) is 0.562. The summed E-state index contributed by atoms with van der Waals surface area (Å²) >= 11 is 0. The van der Waals surface area contributed by atoms with Crippen molar-refractivity contribution in [1.29, 1.82) is 5.26 Å². The van der Waals surface area contributed by atoms with Crippen molar-refractivity contribution in [3.8, 4) is 73.8 Å². The van der Waals surface area contributed by atoms with Gasteiger partial charge in [0.25, 0.3) is 0 Å². The lowest BCUT2D eigenvalue weighted by molar-refractivity contribution is 1.12. The van der Waals surface area contributed by atoms with Gasteiger partial charge in [0.05, 0.1) is 67.2 Å². The van der Waals surface area contributed by atoms with E-state index in [1.807, 2.05) is 24.3 Å². The van der Waals surface area contributed by atoms with Crippen molar-refractivity contribution in [3.05, 3.63) is 266 Å². The number of rotatable bonds is 6. The van der Waals surface area contributed by atoms with Crippen molar-refractivity contribution < 1.29 is 0 Å². The molecule has 0 bridgehead atoms. The van der Waals surface area contributed by atoms with E-state index in [1.54, 1.807) is 0 Å². The Morgan fingerprint density at radius 1 is 0.293 bits per heavy atom. The number of para-hydroxylation sites is 6. The molecule has 0 amide bonds. The number of hydrogen-bond acceptors (Lipinski definition) is 3. The molecule has 0 N–H and O–H groups in total. The van der Waals surface area contributed by atoms with Gasteiger partial charge < -0.3 is 18.3 Å². The molecular formula is C75H43N7. The molecule has 0 fully saturated rings. The largest absolute Gasteiger partial charge is 0.309 e. The highest BCUT2D eigenvalue weighted by atomic mass is 15.0. The summed E-state index contributed by atoms with van der Waals surface area (Å²) in [4.78, 5) is 11.1. The summed E-state index contributed by atoms with van der Waals surface area (Å²) in [7, 11) is 0. The van der Waals surface area contributed by atoms with Gasteiger partial charge in [0, 0.05) is 88.1 Å². The number of benzene rings is 12. The molecule has 18 rings (SSSR count). The lowest BCUT2D eigenvalue weighted by Crippen LogP contribution is -2.03. The van der Waals surface area contributed by atoms with E-state index in [0.29, 0.717) is 11.4 Å². The molecule has 0 saturated heterocycles. The number of aromatic nitrogens is 6. The SMILES string of the molecule is N#Cc1cccc(-c2nc(-c3cc(-n4c5ccccc5c5cc(-n6c7ccccc7c7ccccc76)ccc54)cc(-n4c5ccccc5c5cc(-n6c7ccccc7c7ccccc76)ccc54)c3)c3c(n2)-c2cccc4cccc-3c24)c1. The van der Waals surface area contributed by atoms with E-state index < -0.39 is 0 Å². The maximum absolute atomic E-state index is 10.2. The quantitative estimate of drug-likeness (QED) is 0.167. The molecule has 0 aliphatic heterocycles. The Morgan fingerprint density at radius 3 is 1.17 bits per heavy atom. The maximum atomic E-state index is 10.2. The van der Waals surface area contributed by atoms with Crippen LogP contribution in [0.4, 0.5) is 0 Å². The van der Waals surface area contributed by atoms with Gasteiger partial charge in [-0.15, -0.1) is 0 Å². The zero-order valence-electron chi connectivity index (χ0n) is 44.0. The van der Waals surface area contributed by atoms with Crippen LogP contribution in [0.25, 0.3) is 166 Å².